The van der Waals surface area contributed by atoms with E-state index in [2.05, 4.69) is 5.32 Å². The summed E-state index contributed by atoms with van der Waals surface area (Å²) in [5.41, 5.74) is -0.921. The molecule has 1 aromatic carbocycles. The van der Waals surface area contributed by atoms with Gasteiger partial charge in [0.15, 0.2) is 11.2 Å². The zero-order valence-corrected chi connectivity index (χ0v) is 12.3. The zero-order valence-electron chi connectivity index (χ0n) is 12.3. The van der Waals surface area contributed by atoms with Gasteiger partial charge >= 0.3 is 0 Å². The number of benzene rings is 1. The summed E-state index contributed by atoms with van der Waals surface area (Å²) in [6, 6.07) is 7.92. The fourth-order valence-electron chi connectivity index (χ4n) is 1.77. The van der Waals surface area contributed by atoms with Gasteiger partial charge in [0.25, 0.3) is 5.91 Å². The highest BCUT2D eigenvalue weighted by atomic mass is 16.3. The molecule has 0 aliphatic carbocycles. The van der Waals surface area contributed by atoms with Gasteiger partial charge in [-0.2, -0.15) is 0 Å². The molecule has 0 spiro atoms. The number of rotatable bonds is 4. The van der Waals surface area contributed by atoms with E-state index in [1.54, 1.807) is 31.2 Å². The van der Waals surface area contributed by atoms with Crippen LogP contribution in [0.25, 0.3) is 11.0 Å². The summed E-state index contributed by atoms with van der Waals surface area (Å²) >= 11 is 0. The third-order valence-electron chi connectivity index (χ3n) is 3.71. The van der Waals surface area contributed by atoms with Crippen molar-refractivity contribution in [3.63, 3.8) is 0 Å². The maximum Gasteiger partial charge on any atom is 0.287 e. The maximum absolute atomic E-state index is 12.1. The van der Waals surface area contributed by atoms with Gasteiger partial charge in [-0.3, -0.25) is 9.59 Å². The predicted molar refractivity (Wildman–Crippen MR) is 80.3 cm³/mol. The van der Waals surface area contributed by atoms with E-state index in [0.717, 1.165) is 0 Å². The smallest absolute Gasteiger partial charge is 0.287 e. The highest BCUT2D eigenvalue weighted by Gasteiger charge is 2.26. The number of amides is 1. The molecule has 2 N–H and O–H groups in total. The number of hydrogen-bond acceptors (Lipinski definition) is 4. The highest BCUT2D eigenvalue weighted by Crippen LogP contribution is 2.15. The van der Waals surface area contributed by atoms with Crippen molar-refractivity contribution in [1.29, 1.82) is 0 Å². The van der Waals surface area contributed by atoms with Crippen molar-refractivity contribution in [1.82, 2.24) is 5.32 Å². The molecule has 1 atom stereocenters. The Labute approximate surface area is 122 Å². The number of hydrogen-bond donors (Lipinski definition) is 2. The molecule has 5 heteroatoms. The average molecular weight is 289 g/mol. The van der Waals surface area contributed by atoms with Crippen molar-refractivity contribution in [3.8, 4) is 0 Å². The summed E-state index contributed by atoms with van der Waals surface area (Å²) in [6.07, 6.45) is 0. The molecule has 2 aromatic rings. The summed E-state index contributed by atoms with van der Waals surface area (Å²) in [7, 11) is 0. The SMILES string of the molecule is CC(C)C(C)(O)CNC(=O)c1cc(=O)c2ccccc2o1. The first-order valence-electron chi connectivity index (χ1n) is 6.85. The van der Waals surface area contributed by atoms with Gasteiger partial charge in [-0.15, -0.1) is 0 Å². The van der Waals surface area contributed by atoms with E-state index >= 15 is 0 Å². The summed E-state index contributed by atoms with van der Waals surface area (Å²) in [6.45, 7) is 5.46. The number of para-hydroxylation sites is 1. The third-order valence-corrected chi connectivity index (χ3v) is 3.71. The molecule has 1 amide bonds. The summed E-state index contributed by atoms with van der Waals surface area (Å²) < 4.78 is 5.44. The van der Waals surface area contributed by atoms with Crippen molar-refractivity contribution >= 4 is 16.9 Å². The van der Waals surface area contributed by atoms with Crippen LogP contribution in [0.2, 0.25) is 0 Å². The molecule has 0 saturated carbocycles. The van der Waals surface area contributed by atoms with Gasteiger partial charge in [-0.25, -0.2) is 0 Å². The molecule has 0 aliphatic heterocycles. The Bertz CT molecular complexity index is 716. The fourth-order valence-corrected chi connectivity index (χ4v) is 1.77. The lowest BCUT2D eigenvalue weighted by Gasteiger charge is -2.27. The molecular weight excluding hydrogens is 270 g/mol. The quantitative estimate of drug-likeness (QED) is 0.901. The Morgan fingerprint density at radius 2 is 2.05 bits per heavy atom. The minimum Gasteiger partial charge on any atom is -0.451 e. The standard InChI is InChI=1S/C16H19NO4/c1-10(2)16(3,20)9-17-15(19)14-8-12(18)11-6-4-5-7-13(11)21-14/h4-8,10,20H,9H2,1-3H3,(H,17,19). The van der Waals surface area contributed by atoms with Gasteiger partial charge in [-0.05, 0) is 25.0 Å². The molecule has 0 saturated heterocycles. The van der Waals surface area contributed by atoms with E-state index in [0.29, 0.717) is 11.0 Å². The fraction of sp³-hybridized carbons (Fsp3) is 0.375. The van der Waals surface area contributed by atoms with E-state index < -0.39 is 11.5 Å². The first-order chi connectivity index (χ1) is 9.81. The molecule has 1 heterocycles. The second-order valence-corrected chi connectivity index (χ2v) is 5.67. The van der Waals surface area contributed by atoms with Crippen molar-refractivity contribution in [3.05, 3.63) is 46.3 Å². The molecule has 2 rings (SSSR count). The zero-order chi connectivity index (χ0) is 15.6. The molecule has 0 bridgehead atoms. The number of nitrogens with one attached hydrogen (secondary N) is 1. The minimum absolute atomic E-state index is 0.0126. The first-order valence-corrected chi connectivity index (χ1v) is 6.85. The second kappa shape index (κ2) is 5.69. The third kappa shape index (κ3) is 3.31. The monoisotopic (exact) mass is 289 g/mol. The normalized spacial score (nSPS) is 14.1. The van der Waals surface area contributed by atoms with Crippen LogP contribution in [-0.2, 0) is 0 Å². The molecule has 0 aliphatic rings. The van der Waals surface area contributed by atoms with Crippen LogP contribution in [0.3, 0.4) is 0 Å². The highest BCUT2D eigenvalue weighted by molar-refractivity contribution is 5.93. The lowest BCUT2D eigenvalue weighted by molar-refractivity contribution is 0.0139. The predicted octanol–water partition coefficient (Wildman–Crippen LogP) is 1.93. The average Bonchev–Trinajstić information content (AvgIpc) is 2.44. The largest absolute Gasteiger partial charge is 0.451 e. The lowest BCUT2D eigenvalue weighted by Crippen LogP contribution is -2.44. The van der Waals surface area contributed by atoms with Gasteiger partial charge in [0.2, 0.25) is 0 Å². The molecule has 21 heavy (non-hydrogen) atoms. The van der Waals surface area contributed by atoms with E-state index in [4.69, 9.17) is 4.42 Å². The Balaban J connectivity index is 2.23. The lowest BCUT2D eigenvalue weighted by atomic mass is 9.92. The molecule has 1 unspecified atom stereocenters. The Kier molecular flexibility index (Phi) is 4.14. The second-order valence-electron chi connectivity index (χ2n) is 5.67. The number of aliphatic hydroxyl groups is 1. The Morgan fingerprint density at radius 1 is 1.38 bits per heavy atom. The summed E-state index contributed by atoms with van der Waals surface area (Å²) in [4.78, 5) is 24.0. The van der Waals surface area contributed by atoms with Gasteiger partial charge < -0.3 is 14.8 Å². The molecule has 0 fully saturated rings. The van der Waals surface area contributed by atoms with E-state index in [9.17, 15) is 14.7 Å². The van der Waals surface area contributed by atoms with Crippen molar-refractivity contribution < 1.29 is 14.3 Å². The number of fused-ring (bicyclic) bond motifs is 1. The van der Waals surface area contributed by atoms with Crippen molar-refractivity contribution in [2.75, 3.05) is 6.54 Å². The molecule has 0 radical (unpaired) electrons. The van der Waals surface area contributed by atoms with Gasteiger partial charge in [0.05, 0.1) is 11.0 Å². The van der Waals surface area contributed by atoms with Crippen LogP contribution in [0.4, 0.5) is 0 Å². The Morgan fingerprint density at radius 3 is 2.71 bits per heavy atom. The van der Waals surface area contributed by atoms with Crippen LogP contribution in [-0.4, -0.2) is 23.2 Å². The maximum atomic E-state index is 12.1. The van der Waals surface area contributed by atoms with Crippen LogP contribution in [0.5, 0.6) is 0 Å². The Hall–Kier alpha value is -2.14. The minimum atomic E-state index is -1.02. The van der Waals surface area contributed by atoms with Crippen molar-refractivity contribution in [2.45, 2.75) is 26.4 Å². The van der Waals surface area contributed by atoms with E-state index in [-0.39, 0.29) is 23.7 Å². The number of carbonyl (C=O) groups is 1. The van der Waals surface area contributed by atoms with E-state index in [1.807, 2.05) is 13.8 Å². The van der Waals surface area contributed by atoms with E-state index in [1.165, 1.54) is 6.07 Å². The van der Waals surface area contributed by atoms with Crippen LogP contribution in [0.1, 0.15) is 31.3 Å². The van der Waals surface area contributed by atoms with Gasteiger partial charge in [0, 0.05) is 12.6 Å². The molecule has 112 valence electrons. The van der Waals surface area contributed by atoms with Crippen molar-refractivity contribution in [2.24, 2.45) is 5.92 Å². The van der Waals surface area contributed by atoms with Gasteiger partial charge in [0.1, 0.15) is 5.58 Å². The molecular formula is C16H19NO4. The van der Waals surface area contributed by atoms with Crippen LogP contribution < -0.4 is 10.7 Å². The number of carbonyl (C=O) groups excluding carboxylic acids is 1. The first kappa shape index (κ1) is 15.3. The van der Waals surface area contributed by atoms with Crippen LogP contribution in [0, 0.1) is 5.92 Å². The molecule has 5 nitrogen and oxygen atoms in total. The summed E-state index contributed by atoms with van der Waals surface area (Å²) in [5, 5.41) is 13.1. The topological polar surface area (TPSA) is 79.5 Å². The van der Waals surface area contributed by atoms with Crippen LogP contribution >= 0.6 is 0 Å². The summed E-state index contributed by atoms with van der Waals surface area (Å²) in [5.74, 6) is -0.585. The van der Waals surface area contributed by atoms with Gasteiger partial charge in [-0.1, -0.05) is 26.0 Å². The van der Waals surface area contributed by atoms with Crippen LogP contribution in [0.15, 0.2) is 39.5 Å². The molecule has 1 aromatic heterocycles.